The zero-order valence-corrected chi connectivity index (χ0v) is 13.6. The number of rotatable bonds is 9. The van der Waals surface area contributed by atoms with Crippen LogP contribution in [0.1, 0.15) is 26.2 Å². The van der Waals surface area contributed by atoms with Gasteiger partial charge in [-0.15, -0.1) is 0 Å². The predicted molar refractivity (Wildman–Crippen MR) is 84.8 cm³/mol. The summed E-state index contributed by atoms with van der Waals surface area (Å²) in [7, 11) is 4.19. The topological polar surface area (TPSA) is 53.1 Å². The van der Waals surface area contributed by atoms with Gasteiger partial charge in [-0.1, -0.05) is 6.92 Å². The van der Waals surface area contributed by atoms with Crippen LogP contribution in [0.15, 0.2) is 10.7 Å². The maximum Gasteiger partial charge on any atom is 0.224 e. The maximum absolute atomic E-state index is 4.45. The first-order valence-corrected chi connectivity index (χ1v) is 7.57. The standard InChI is InChI=1S/C13H24BrN5/c1-4-7-16-13-17-10-11(14)12(18-13)15-8-5-6-9-19(2)3/h10H,4-9H2,1-3H3,(H2,15,16,17,18). The van der Waals surface area contributed by atoms with Crippen LogP contribution in [0.2, 0.25) is 0 Å². The van der Waals surface area contributed by atoms with Crippen molar-refractivity contribution in [3.63, 3.8) is 0 Å². The molecule has 2 N–H and O–H groups in total. The van der Waals surface area contributed by atoms with Gasteiger partial charge in [-0.05, 0) is 55.8 Å². The molecular formula is C13H24BrN5. The van der Waals surface area contributed by atoms with Crippen molar-refractivity contribution < 1.29 is 0 Å². The molecule has 1 aromatic rings. The Bertz CT molecular complexity index is 370. The lowest BCUT2D eigenvalue weighted by molar-refractivity contribution is 0.396. The fraction of sp³-hybridized carbons (Fsp3) is 0.692. The molecule has 0 unspecified atom stereocenters. The van der Waals surface area contributed by atoms with Crippen LogP contribution < -0.4 is 10.6 Å². The average Bonchev–Trinajstić information content (AvgIpc) is 2.38. The normalized spacial score (nSPS) is 10.8. The molecule has 1 aromatic heterocycles. The van der Waals surface area contributed by atoms with Gasteiger partial charge in [-0.25, -0.2) is 4.98 Å². The van der Waals surface area contributed by atoms with Gasteiger partial charge in [0.15, 0.2) is 0 Å². The fourth-order valence-corrected chi connectivity index (χ4v) is 1.90. The Morgan fingerprint density at radius 2 is 2.00 bits per heavy atom. The van der Waals surface area contributed by atoms with E-state index in [1.54, 1.807) is 6.20 Å². The molecule has 0 saturated heterocycles. The van der Waals surface area contributed by atoms with E-state index in [1.165, 1.54) is 6.42 Å². The van der Waals surface area contributed by atoms with Crippen molar-refractivity contribution >= 4 is 27.7 Å². The van der Waals surface area contributed by atoms with E-state index in [0.29, 0.717) is 5.95 Å². The first-order valence-electron chi connectivity index (χ1n) is 6.78. The Morgan fingerprint density at radius 3 is 2.68 bits per heavy atom. The second-order valence-electron chi connectivity index (χ2n) is 4.75. The van der Waals surface area contributed by atoms with E-state index >= 15 is 0 Å². The van der Waals surface area contributed by atoms with Crippen molar-refractivity contribution in [2.45, 2.75) is 26.2 Å². The van der Waals surface area contributed by atoms with Crippen molar-refractivity contribution in [3.05, 3.63) is 10.7 Å². The zero-order valence-electron chi connectivity index (χ0n) is 12.0. The molecular weight excluding hydrogens is 306 g/mol. The summed E-state index contributed by atoms with van der Waals surface area (Å²) in [5, 5.41) is 6.54. The maximum atomic E-state index is 4.45. The molecule has 0 aliphatic heterocycles. The van der Waals surface area contributed by atoms with Crippen LogP contribution in [0, 0.1) is 0 Å². The lowest BCUT2D eigenvalue weighted by atomic mass is 10.3. The van der Waals surface area contributed by atoms with Gasteiger partial charge < -0.3 is 15.5 Å². The minimum absolute atomic E-state index is 0.681. The first kappa shape index (κ1) is 16.2. The number of nitrogens with one attached hydrogen (secondary N) is 2. The number of anilines is 2. The van der Waals surface area contributed by atoms with Crippen LogP contribution in [0.3, 0.4) is 0 Å². The van der Waals surface area contributed by atoms with Gasteiger partial charge in [0.25, 0.3) is 0 Å². The van der Waals surface area contributed by atoms with Gasteiger partial charge in [0.05, 0.1) is 4.47 Å². The lowest BCUT2D eigenvalue weighted by Crippen LogP contribution is -2.14. The third-order valence-corrected chi connectivity index (χ3v) is 3.18. The molecule has 0 aromatic carbocycles. The van der Waals surface area contributed by atoms with E-state index in [-0.39, 0.29) is 0 Å². The summed E-state index contributed by atoms with van der Waals surface area (Å²) in [4.78, 5) is 10.9. The summed E-state index contributed by atoms with van der Waals surface area (Å²) >= 11 is 3.47. The number of aromatic nitrogens is 2. The SMILES string of the molecule is CCCNc1ncc(Br)c(NCCCCN(C)C)n1. The quantitative estimate of drug-likeness (QED) is 0.682. The summed E-state index contributed by atoms with van der Waals surface area (Å²) in [5.74, 6) is 1.54. The molecule has 19 heavy (non-hydrogen) atoms. The summed E-state index contributed by atoms with van der Waals surface area (Å²) < 4.78 is 0.905. The van der Waals surface area contributed by atoms with Crippen LogP contribution in [-0.4, -0.2) is 48.6 Å². The van der Waals surface area contributed by atoms with E-state index < -0.39 is 0 Å². The summed E-state index contributed by atoms with van der Waals surface area (Å²) in [6.07, 6.45) is 5.16. The summed E-state index contributed by atoms with van der Waals surface area (Å²) in [6.45, 7) is 5.06. The Morgan fingerprint density at radius 1 is 1.21 bits per heavy atom. The van der Waals surface area contributed by atoms with Crippen molar-refractivity contribution in [3.8, 4) is 0 Å². The highest BCUT2D eigenvalue weighted by Gasteiger charge is 2.04. The predicted octanol–water partition coefficient (Wildman–Crippen LogP) is 2.81. The molecule has 0 aliphatic rings. The molecule has 0 atom stereocenters. The van der Waals surface area contributed by atoms with Crippen LogP contribution in [0.4, 0.5) is 11.8 Å². The Balaban J connectivity index is 2.39. The molecule has 0 bridgehead atoms. The van der Waals surface area contributed by atoms with Crippen molar-refractivity contribution in [1.82, 2.24) is 14.9 Å². The third-order valence-electron chi connectivity index (χ3n) is 2.60. The van der Waals surface area contributed by atoms with E-state index in [4.69, 9.17) is 0 Å². The molecule has 0 amide bonds. The smallest absolute Gasteiger partial charge is 0.224 e. The highest BCUT2D eigenvalue weighted by atomic mass is 79.9. The summed E-state index contributed by atoms with van der Waals surface area (Å²) in [5.41, 5.74) is 0. The third kappa shape index (κ3) is 6.73. The van der Waals surface area contributed by atoms with Gasteiger partial charge in [0.2, 0.25) is 5.95 Å². The Hall–Kier alpha value is -0.880. The zero-order chi connectivity index (χ0) is 14.1. The number of hydrogen-bond donors (Lipinski definition) is 2. The first-order chi connectivity index (χ1) is 9.13. The van der Waals surface area contributed by atoms with E-state index in [1.807, 2.05) is 0 Å². The molecule has 1 rings (SSSR count). The highest BCUT2D eigenvalue weighted by Crippen LogP contribution is 2.20. The molecule has 6 heteroatoms. The second kappa shape index (κ2) is 9.09. The van der Waals surface area contributed by atoms with Gasteiger partial charge in [-0.2, -0.15) is 4.98 Å². The Kier molecular flexibility index (Phi) is 7.74. The summed E-state index contributed by atoms with van der Waals surface area (Å²) in [6, 6.07) is 0. The fourth-order valence-electron chi connectivity index (χ4n) is 1.57. The molecule has 0 radical (unpaired) electrons. The van der Waals surface area contributed by atoms with Crippen LogP contribution in [-0.2, 0) is 0 Å². The minimum Gasteiger partial charge on any atom is -0.369 e. The van der Waals surface area contributed by atoms with Gasteiger partial charge in [-0.3, -0.25) is 0 Å². The molecule has 108 valence electrons. The molecule has 0 aliphatic carbocycles. The van der Waals surface area contributed by atoms with Gasteiger partial charge >= 0.3 is 0 Å². The number of halogens is 1. The molecule has 0 fully saturated rings. The molecule has 1 heterocycles. The van der Waals surface area contributed by atoms with Crippen LogP contribution in [0.5, 0.6) is 0 Å². The van der Waals surface area contributed by atoms with E-state index in [2.05, 4.69) is 62.5 Å². The van der Waals surface area contributed by atoms with Gasteiger partial charge in [0.1, 0.15) is 5.82 Å². The number of hydrogen-bond acceptors (Lipinski definition) is 5. The molecule has 5 nitrogen and oxygen atoms in total. The molecule has 0 saturated carbocycles. The van der Waals surface area contributed by atoms with Crippen molar-refractivity contribution in [2.75, 3.05) is 44.4 Å². The van der Waals surface area contributed by atoms with Crippen molar-refractivity contribution in [1.29, 1.82) is 0 Å². The minimum atomic E-state index is 0.681. The Labute approximate surface area is 124 Å². The van der Waals surface area contributed by atoms with Crippen LogP contribution >= 0.6 is 15.9 Å². The van der Waals surface area contributed by atoms with Gasteiger partial charge in [0, 0.05) is 19.3 Å². The molecule has 0 spiro atoms. The lowest BCUT2D eigenvalue weighted by Gasteiger charge is -2.11. The average molecular weight is 330 g/mol. The number of nitrogens with zero attached hydrogens (tertiary/aromatic N) is 3. The van der Waals surface area contributed by atoms with E-state index in [9.17, 15) is 0 Å². The van der Waals surface area contributed by atoms with Crippen LogP contribution in [0.25, 0.3) is 0 Å². The van der Waals surface area contributed by atoms with Crippen molar-refractivity contribution in [2.24, 2.45) is 0 Å². The van der Waals surface area contributed by atoms with E-state index in [0.717, 1.165) is 42.8 Å². The largest absolute Gasteiger partial charge is 0.369 e. The monoisotopic (exact) mass is 329 g/mol. The highest BCUT2D eigenvalue weighted by molar-refractivity contribution is 9.10. The second-order valence-corrected chi connectivity index (χ2v) is 5.61. The number of unbranched alkanes of at least 4 members (excludes halogenated alkanes) is 1.